The zero-order chi connectivity index (χ0) is 18.7. The second-order valence-corrected chi connectivity index (χ2v) is 7.89. The Kier molecular flexibility index (Phi) is 5.81. The summed E-state index contributed by atoms with van der Waals surface area (Å²) in [6.45, 7) is 5.33. The molecule has 0 N–H and O–H groups in total. The van der Waals surface area contributed by atoms with Crippen LogP contribution in [0.3, 0.4) is 0 Å². The molecule has 2 rings (SSSR count). The summed E-state index contributed by atoms with van der Waals surface area (Å²) in [7, 11) is 1.64. The van der Waals surface area contributed by atoms with Crippen LogP contribution in [0.2, 0.25) is 0 Å². The molecule has 0 spiro atoms. The minimum atomic E-state index is -0.980. The summed E-state index contributed by atoms with van der Waals surface area (Å²) in [4.78, 5) is 36.9. The molecule has 25 heavy (non-hydrogen) atoms. The maximum absolute atomic E-state index is 12.5. The molecule has 0 saturated heterocycles. The van der Waals surface area contributed by atoms with Gasteiger partial charge in [-0.25, -0.2) is 0 Å². The molecule has 0 bridgehead atoms. The van der Waals surface area contributed by atoms with Gasteiger partial charge in [-0.3, -0.25) is 14.4 Å². The van der Waals surface area contributed by atoms with Gasteiger partial charge in [-0.2, -0.15) is 0 Å². The van der Waals surface area contributed by atoms with Crippen molar-refractivity contribution in [3.05, 3.63) is 29.8 Å². The van der Waals surface area contributed by atoms with E-state index in [1.54, 1.807) is 14.0 Å². The fourth-order valence-corrected chi connectivity index (χ4v) is 3.64. The number of carbonyl (C=O) groups is 3. The SMILES string of the molecule is COc1cccc(CCCC(=O)CC[C@]2(C)C(=O)CC(C)(C)C2=O)c1. The molecule has 0 amide bonds. The Morgan fingerprint density at radius 1 is 1.16 bits per heavy atom. The highest BCUT2D eigenvalue weighted by Crippen LogP contribution is 2.45. The minimum Gasteiger partial charge on any atom is -0.497 e. The molecule has 1 aromatic carbocycles. The van der Waals surface area contributed by atoms with E-state index in [0.717, 1.165) is 24.2 Å². The van der Waals surface area contributed by atoms with E-state index in [4.69, 9.17) is 4.74 Å². The lowest BCUT2D eigenvalue weighted by molar-refractivity contribution is -0.137. The van der Waals surface area contributed by atoms with E-state index in [9.17, 15) is 14.4 Å². The molecule has 0 aliphatic heterocycles. The molecular formula is C21H28O4. The molecule has 136 valence electrons. The normalized spacial score (nSPS) is 22.2. The van der Waals surface area contributed by atoms with Crippen LogP contribution in [0.5, 0.6) is 5.75 Å². The van der Waals surface area contributed by atoms with Crippen molar-refractivity contribution < 1.29 is 19.1 Å². The van der Waals surface area contributed by atoms with Crippen molar-refractivity contribution in [2.75, 3.05) is 7.11 Å². The number of methoxy groups -OCH3 is 1. The topological polar surface area (TPSA) is 60.4 Å². The number of ether oxygens (including phenoxy) is 1. The number of aryl methyl sites for hydroxylation is 1. The molecule has 1 fully saturated rings. The van der Waals surface area contributed by atoms with Gasteiger partial charge in [0.1, 0.15) is 17.3 Å². The van der Waals surface area contributed by atoms with Crippen LogP contribution in [0.15, 0.2) is 24.3 Å². The highest BCUT2D eigenvalue weighted by molar-refractivity contribution is 6.15. The first-order valence-corrected chi connectivity index (χ1v) is 8.92. The van der Waals surface area contributed by atoms with E-state index in [1.165, 1.54) is 0 Å². The average molecular weight is 344 g/mol. The van der Waals surface area contributed by atoms with Gasteiger partial charge in [-0.15, -0.1) is 0 Å². The Bertz CT molecular complexity index is 674. The molecular weight excluding hydrogens is 316 g/mol. The summed E-state index contributed by atoms with van der Waals surface area (Å²) in [5.41, 5.74) is -0.435. The Morgan fingerprint density at radius 2 is 1.88 bits per heavy atom. The summed E-state index contributed by atoms with van der Waals surface area (Å²) in [5.74, 6) is 0.896. The van der Waals surface area contributed by atoms with Crippen LogP contribution in [0.1, 0.15) is 58.4 Å². The smallest absolute Gasteiger partial charge is 0.152 e. The van der Waals surface area contributed by atoms with Crippen LogP contribution in [0.4, 0.5) is 0 Å². The van der Waals surface area contributed by atoms with E-state index in [0.29, 0.717) is 19.3 Å². The Balaban J connectivity index is 1.81. The molecule has 0 radical (unpaired) electrons. The standard InChI is InChI=1S/C21H28O4/c1-20(2)14-18(23)21(3,19(20)24)12-11-16(22)9-5-7-15-8-6-10-17(13-15)25-4/h6,8,10,13H,5,7,9,11-12,14H2,1-4H3/t21-/m1/s1. The van der Waals surface area contributed by atoms with Gasteiger partial charge in [0.15, 0.2) is 5.78 Å². The summed E-state index contributed by atoms with van der Waals surface area (Å²) >= 11 is 0. The van der Waals surface area contributed by atoms with Crippen molar-refractivity contribution >= 4 is 17.3 Å². The first-order valence-electron chi connectivity index (χ1n) is 8.92. The van der Waals surface area contributed by atoms with Gasteiger partial charge in [-0.05, 0) is 43.9 Å². The molecule has 0 aromatic heterocycles. The predicted octanol–water partition coefficient (Wildman–Crippen LogP) is 3.94. The molecule has 1 aromatic rings. The highest BCUT2D eigenvalue weighted by Gasteiger charge is 2.54. The van der Waals surface area contributed by atoms with Crippen molar-refractivity contribution in [1.82, 2.24) is 0 Å². The van der Waals surface area contributed by atoms with Gasteiger partial charge in [-0.1, -0.05) is 26.0 Å². The van der Waals surface area contributed by atoms with Gasteiger partial charge in [0, 0.05) is 24.7 Å². The quantitative estimate of drug-likeness (QED) is 0.670. The van der Waals surface area contributed by atoms with Crippen molar-refractivity contribution in [2.24, 2.45) is 10.8 Å². The maximum Gasteiger partial charge on any atom is 0.152 e. The van der Waals surface area contributed by atoms with Crippen molar-refractivity contribution in [3.8, 4) is 5.75 Å². The second-order valence-electron chi connectivity index (χ2n) is 7.89. The third-order valence-corrected chi connectivity index (χ3v) is 5.29. The second kappa shape index (κ2) is 7.51. The Hall–Kier alpha value is -1.97. The fourth-order valence-electron chi connectivity index (χ4n) is 3.64. The summed E-state index contributed by atoms with van der Waals surface area (Å²) in [6.07, 6.45) is 2.96. The van der Waals surface area contributed by atoms with Crippen LogP contribution in [0, 0.1) is 10.8 Å². The summed E-state index contributed by atoms with van der Waals surface area (Å²) < 4.78 is 5.20. The third-order valence-electron chi connectivity index (χ3n) is 5.29. The van der Waals surface area contributed by atoms with E-state index >= 15 is 0 Å². The van der Waals surface area contributed by atoms with E-state index < -0.39 is 10.8 Å². The maximum atomic E-state index is 12.5. The van der Waals surface area contributed by atoms with Crippen LogP contribution in [-0.2, 0) is 20.8 Å². The summed E-state index contributed by atoms with van der Waals surface area (Å²) in [6, 6.07) is 7.83. The third kappa shape index (κ3) is 4.36. The molecule has 1 atom stereocenters. The van der Waals surface area contributed by atoms with E-state index in [2.05, 4.69) is 0 Å². The molecule has 4 heteroatoms. The highest BCUT2D eigenvalue weighted by atomic mass is 16.5. The molecule has 0 heterocycles. The Labute approximate surface area is 149 Å². The van der Waals surface area contributed by atoms with E-state index in [1.807, 2.05) is 38.1 Å². The van der Waals surface area contributed by atoms with Crippen LogP contribution < -0.4 is 4.74 Å². The molecule has 0 unspecified atom stereocenters. The van der Waals surface area contributed by atoms with Crippen molar-refractivity contribution in [3.63, 3.8) is 0 Å². The van der Waals surface area contributed by atoms with Crippen molar-refractivity contribution in [2.45, 2.75) is 59.3 Å². The largest absolute Gasteiger partial charge is 0.497 e. The van der Waals surface area contributed by atoms with Crippen LogP contribution >= 0.6 is 0 Å². The number of benzene rings is 1. The molecule has 1 aliphatic carbocycles. The van der Waals surface area contributed by atoms with E-state index in [-0.39, 0.29) is 23.8 Å². The number of carbonyl (C=O) groups excluding carboxylic acids is 3. The summed E-state index contributed by atoms with van der Waals surface area (Å²) in [5, 5.41) is 0. The minimum absolute atomic E-state index is 0.0193. The van der Waals surface area contributed by atoms with Gasteiger partial charge in [0.25, 0.3) is 0 Å². The lowest BCUT2D eigenvalue weighted by Crippen LogP contribution is -2.33. The lowest BCUT2D eigenvalue weighted by atomic mass is 9.77. The number of rotatable bonds is 8. The first kappa shape index (κ1) is 19.4. The monoisotopic (exact) mass is 344 g/mol. The Morgan fingerprint density at radius 3 is 2.48 bits per heavy atom. The fraction of sp³-hybridized carbons (Fsp3) is 0.571. The van der Waals surface area contributed by atoms with Gasteiger partial charge in [0.2, 0.25) is 0 Å². The molecule has 1 aliphatic rings. The lowest BCUT2D eigenvalue weighted by Gasteiger charge is -2.23. The van der Waals surface area contributed by atoms with Crippen molar-refractivity contribution in [1.29, 1.82) is 0 Å². The zero-order valence-corrected chi connectivity index (χ0v) is 15.7. The van der Waals surface area contributed by atoms with Crippen LogP contribution in [-0.4, -0.2) is 24.5 Å². The first-order chi connectivity index (χ1) is 11.7. The number of hydrogen-bond donors (Lipinski definition) is 0. The molecule has 1 saturated carbocycles. The van der Waals surface area contributed by atoms with Gasteiger partial charge >= 0.3 is 0 Å². The zero-order valence-electron chi connectivity index (χ0n) is 15.7. The van der Waals surface area contributed by atoms with Gasteiger partial charge in [0.05, 0.1) is 12.5 Å². The predicted molar refractivity (Wildman–Crippen MR) is 96.7 cm³/mol. The number of Topliss-reactive ketones (excluding diaryl/α,β-unsaturated/α-hetero) is 3. The number of hydrogen-bond acceptors (Lipinski definition) is 4. The van der Waals surface area contributed by atoms with Crippen LogP contribution in [0.25, 0.3) is 0 Å². The number of ketones is 3. The van der Waals surface area contributed by atoms with Gasteiger partial charge < -0.3 is 4.74 Å². The average Bonchev–Trinajstić information content (AvgIpc) is 2.73. The molecule has 4 nitrogen and oxygen atoms in total.